The Morgan fingerprint density at radius 1 is 1.08 bits per heavy atom. The summed E-state index contributed by atoms with van der Waals surface area (Å²) in [6.45, 7) is -0.589. The van der Waals surface area contributed by atoms with Crippen LogP contribution in [-0.2, 0) is 9.84 Å². The number of phenols is 1. The Bertz CT molecular complexity index is 1340. The second-order valence-corrected chi connectivity index (χ2v) is 10.9. The Hall–Kier alpha value is -3.46. The number of hydrogen-bond donors (Lipinski definition) is 3. The monoisotopic (exact) mass is 507 g/mol. The second kappa shape index (κ2) is 11.5. The lowest BCUT2D eigenvalue weighted by Crippen LogP contribution is -2.29. The first-order chi connectivity index (χ1) is 17.4. The summed E-state index contributed by atoms with van der Waals surface area (Å²) in [6.07, 6.45) is 3.08. The molecule has 188 valence electrons. The van der Waals surface area contributed by atoms with Crippen LogP contribution in [0.25, 0.3) is 11.6 Å². The van der Waals surface area contributed by atoms with Crippen molar-refractivity contribution in [1.29, 1.82) is 0 Å². The number of ether oxygens (including phenoxy) is 1. The Morgan fingerprint density at radius 3 is 2.56 bits per heavy atom. The molecule has 0 aliphatic carbocycles. The van der Waals surface area contributed by atoms with Gasteiger partial charge in [0.15, 0.2) is 9.84 Å². The molecule has 1 aromatic heterocycles. The number of rotatable bonds is 10. The number of phenolic OH excluding ortho intramolecular Hbond substituents is 1. The van der Waals surface area contributed by atoms with Crippen LogP contribution in [0, 0.1) is 0 Å². The zero-order chi connectivity index (χ0) is 25.5. The standard InChI is InChI=1S/C28H29NO6S/c30-17-27-28(22(19-36(27,33)34)18-35-24-9-2-1-3-10-24)26(32)13-12-21(25-11-4-5-14-29-25)15-20-7-6-8-23(31)16-20/h1-11,14-16,26-27,30-32H,12-13,17-19H2/b21-15-/t26-,27+/m1/s1. The number of aliphatic hydroxyl groups is 2. The summed E-state index contributed by atoms with van der Waals surface area (Å²) in [5.74, 6) is 0.471. The SMILES string of the molecule is O=S1(=O)CC(COc2ccccc2)=C([C@H](O)CC/C(=C/c2cccc(O)c2)c2ccccn2)[C@@H]1CO. The molecule has 4 rings (SSSR count). The molecule has 2 heterocycles. The minimum Gasteiger partial charge on any atom is -0.508 e. The summed E-state index contributed by atoms with van der Waals surface area (Å²) < 4.78 is 31.3. The van der Waals surface area contributed by atoms with Crippen LogP contribution in [0.4, 0.5) is 0 Å². The molecule has 0 amide bonds. The van der Waals surface area contributed by atoms with Crippen molar-refractivity contribution in [2.45, 2.75) is 24.2 Å². The van der Waals surface area contributed by atoms with E-state index in [0.29, 0.717) is 29.0 Å². The fourth-order valence-electron chi connectivity index (χ4n) is 4.41. The van der Waals surface area contributed by atoms with Gasteiger partial charge >= 0.3 is 0 Å². The molecule has 2 atom stereocenters. The number of aromatic nitrogens is 1. The third-order valence-corrected chi connectivity index (χ3v) is 8.16. The number of sulfone groups is 1. The van der Waals surface area contributed by atoms with Gasteiger partial charge in [0.1, 0.15) is 23.4 Å². The highest BCUT2D eigenvalue weighted by Crippen LogP contribution is 2.33. The van der Waals surface area contributed by atoms with Crippen LogP contribution < -0.4 is 4.74 Å². The highest BCUT2D eigenvalue weighted by molar-refractivity contribution is 7.92. The molecule has 1 aliphatic rings. The summed E-state index contributed by atoms with van der Waals surface area (Å²) in [5, 5.41) is 29.8. The maximum atomic E-state index is 12.7. The smallest absolute Gasteiger partial charge is 0.163 e. The van der Waals surface area contributed by atoms with E-state index in [2.05, 4.69) is 4.98 Å². The van der Waals surface area contributed by atoms with Crippen LogP contribution in [0.5, 0.6) is 11.5 Å². The number of pyridine rings is 1. The Balaban J connectivity index is 1.59. The lowest BCUT2D eigenvalue weighted by molar-refractivity contribution is 0.188. The van der Waals surface area contributed by atoms with Crippen molar-refractivity contribution in [3.05, 3.63) is 101 Å². The lowest BCUT2D eigenvalue weighted by atomic mass is 9.94. The van der Waals surface area contributed by atoms with E-state index in [-0.39, 0.29) is 24.5 Å². The Morgan fingerprint density at radius 2 is 1.86 bits per heavy atom. The molecule has 0 fully saturated rings. The lowest BCUT2D eigenvalue weighted by Gasteiger charge is -2.20. The van der Waals surface area contributed by atoms with E-state index in [1.807, 2.05) is 48.5 Å². The first kappa shape index (κ1) is 25.6. The highest BCUT2D eigenvalue weighted by atomic mass is 32.2. The van der Waals surface area contributed by atoms with Crippen molar-refractivity contribution in [3.8, 4) is 11.5 Å². The van der Waals surface area contributed by atoms with Gasteiger partial charge < -0.3 is 20.1 Å². The van der Waals surface area contributed by atoms with Crippen molar-refractivity contribution < 1.29 is 28.5 Å². The molecule has 0 radical (unpaired) electrons. The van der Waals surface area contributed by atoms with E-state index in [1.54, 1.807) is 36.5 Å². The molecule has 0 unspecified atom stereocenters. The molecular weight excluding hydrogens is 478 g/mol. The van der Waals surface area contributed by atoms with Gasteiger partial charge in [-0.05, 0) is 77.6 Å². The largest absolute Gasteiger partial charge is 0.508 e. The predicted octanol–water partition coefficient (Wildman–Crippen LogP) is 3.63. The summed E-state index contributed by atoms with van der Waals surface area (Å²) in [4.78, 5) is 4.42. The third-order valence-electron chi connectivity index (χ3n) is 6.14. The number of hydrogen-bond acceptors (Lipinski definition) is 7. The summed E-state index contributed by atoms with van der Waals surface area (Å²) in [7, 11) is -3.65. The van der Waals surface area contributed by atoms with Crippen LogP contribution >= 0.6 is 0 Å². The number of aliphatic hydroxyl groups excluding tert-OH is 2. The van der Waals surface area contributed by atoms with E-state index < -0.39 is 27.8 Å². The Labute approximate surface area is 211 Å². The van der Waals surface area contributed by atoms with E-state index in [0.717, 1.165) is 11.1 Å². The van der Waals surface area contributed by atoms with Crippen LogP contribution in [0.1, 0.15) is 24.1 Å². The van der Waals surface area contributed by atoms with E-state index in [4.69, 9.17) is 4.74 Å². The van der Waals surface area contributed by atoms with Gasteiger partial charge in [0.05, 0.1) is 24.2 Å². The number of allylic oxidation sites excluding steroid dienone is 1. The number of benzene rings is 2. The molecule has 36 heavy (non-hydrogen) atoms. The van der Waals surface area contributed by atoms with Crippen molar-refractivity contribution in [2.75, 3.05) is 19.0 Å². The van der Waals surface area contributed by atoms with Crippen LogP contribution in [0.3, 0.4) is 0 Å². The molecule has 3 aromatic rings. The van der Waals surface area contributed by atoms with Crippen molar-refractivity contribution >= 4 is 21.5 Å². The maximum Gasteiger partial charge on any atom is 0.163 e. The molecule has 3 N–H and O–H groups in total. The van der Waals surface area contributed by atoms with Crippen LogP contribution in [0.2, 0.25) is 0 Å². The minimum absolute atomic E-state index is 0.0123. The predicted molar refractivity (Wildman–Crippen MR) is 139 cm³/mol. The fourth-order valence-corrected chi connectivity index (χ4v) is 6.29. The minimum atomic E-state index is -3.65. The molecular formula is C28H29NO6S. The third kappa shape index (κ3) is 6.20. The highest BCUT2D eigenvalue weighted by Gasteiger charge is 2.41. The molecule has 0 spiro atoms. The molecule has 1 aliphatic heterocycles. The summed E-state index contributed by atoms with van der Waals surface area (Å²) in [5.41, 5.74) is 3.10. The quantitative estimate of drug-likeness (QED) is 0.359. The molecule has 8 heteroatoms. The zero-order valence-electron chi connectivity index (χ0n) is 19.7. The average molecular weight is 508 g/mol. The maximum absolute atomic E-state index is 12.7. The van der Waals surface area contributed by atoms with Gasteiger partial charge in [-0.1, -0.05) is 36.4 Å². The molecule has 2 aromatic carbocycles. The van der Waals surface area contributed by atoms with E-state index >= 15 is 0 Å². The summed E-state index contributed by atoms with van der Waals surface area (Å²) >= 11 is 0. The van der Waals surface area contributed by atoms with Crippen molar-refractivity contribution in [1.82, 2.24) is 4.98 Å². The number of aromatic hydroxyl groups is 1. The van der Waals surface area contributed by atoms with Gasteiger partial charge in [-0.25, -0.2) is 8.42 Å². The molecule has 0 bridgehead atoms. The second-order valence-electron chi connectivity index (χ2n) is 8.67. The van der Waals surface area contributed by atoms with Gasteiger partial charge in [0.25, 0.3) is 0 Å². The van der Waals surface area contributed by atoms with Crippen molar-refractivity contribution in [3.63, 3.8) is 0 Å². The zero-order valence-corrected chi connectivity index (χ0v) is 20.5. The topological polar surface area (TPSA) is 117 Å². The average Bonchev–Trinajstić information content (AvgIpc) is 3.15. The van der Waals surface area contributed by atoms with Gasteiger partial charge in [0.2, 0.25) is 0 Å². The fraction of sp³-hybridized carbons (Fsp3) is 0.250. The van der Waals surface area contributed by atoms with E-state index in [1.165, 1.54) is 0 Å². The first-order valence-electron chi connectivity index (χ1n) is 11.7. The van der Waals surface area contributed by atoms with Crippen LogP contribution in [-0.4, -0.2) is 59.0 Å². The van der Waals surface area contributed by atoms with Gasteiger partial charge in [-0.2, -0.15) is 0 Å². The normalized spacial score (nSPS) is 18.3. The van der Waals surface area contributed by atoms with E-state index in [9.17, 15) is 23.7 Å². The number of nitrogens with zero attached hydrogens (tertiary/aromatic N) is 1. The molecule has 0 saturated carbocycles. The summed E-state index contributed by atoms with van der Waals surface area (Å²) in [6, 6.07) is 21.4. The first-order valence-corrected chi connectivity index (χ1v) is 13.4. The molecule has 7 nitrogen and oxygen atoms in total. The van der Waals surface area contributed by atoms with Gasteiger partial charge in [0, 0.05) is 6.20 Å². The van der Waals surface area contributed by atoms with Gasteiger partial charge in [-0.3, -0.25) is 4.98 Å². The van der Waals surface area contributed by atoms with Crippen molar-refractivity contribution in [2.24, 2.45) is 0 Å². The molecule has 0 saturated heterocycles. The Kier molecular flexibility index (Phi) is 8.20. The number of para-hydroxylation sites is 1. The van der Waals surface area contributed by atoms with Gasteiger partial charge in [-0.15, -0.1) is 0 Å². The van der Waals surface area contributed by atoms with Crippen LogP contribution in [0.15, 0.2) is 90.1 Å².